The predicted octanol–water partition coefficient (Wildman–Crippen LogP) is 3.80. The van der Waals surface area contributed by atoms with Crippen LogP contribution in [0.3, 0.4) is 0 Å². The molecule has 0 atom stereocenters. The standard InChI is InChI=1S/C12H9Br2NO4S2/c1-15(8-5-3-2-4-7(8)12(16)17)21(18,19)9-6-10(13)20-11(9)14/h2-6H,1H3,(H,16,17). The molecule has 112 valence electrons. The molecule has 5 nitrogen and oxygen atoms in total. The number of carboxylic acids is 1. The molecule has 9 heteroatoms. The van der Waals surface area contributed by atoms with Crippen molar-refractivity contribution in [3.8, 4) is 0 Å². The minimum Gasteiger partial charge on any atom is -0.478 e. The Labute approximate surface area is 142 Å². The summed E-state index contributed by atoms with van der Waals surface area (Å²) in [6.45, 7) is 0. The van der Waals surface area contributed by atoms with Crippen molar-refractivity contribution in [2.24, 2.45) is 0 Å². The monoisotopic (exact) mass is 453 g/mol. The second-order valence-electron chi connectivity index (χ2n) is 3.98. The predicted molar refractivity (Wildman–Crippen MR) is 88.7 cm³/mol. The van der Waals surface area contributed by atoms with Crippen molar-refractivity contribution < 1.29 is 18.3 Å². The summed E-state index contributed by atoms with van der Waals surface area (Å²) >= 11 is 7.67. The largest absolute Gasteiger partial charge is 0.478 e. The maximum Gasteiger partial charge on any atom is 0.337 e. The summed E-state index contributed by atoms with van der Waals surface area (Å²) in [5.74, 6) is -1.18. The van der Waals surface area contributed by atoms with Crippen LogP contribution in [0, 0.1) is 0 Å². The molecule has 0 aliphatic carbocycles. The molecule has 0 saturated carbocycles. The fourth-order valence-corrected chi connectivity index (χ4v) is 6.68. The Morgan fingerprint density at radius 3 is 2.43 bits per heavy atom. The molecule has 0 radical (unpaired) electrons. The Balaban J connectivity index is 2.56. The van der Waals surface area contributed by atoms with Crippen LogP contribution in [-0.2, 0) is 10.0 Å². The van der Waals surface area contributed by atoms with Crippen LogP contribution in [-0.4, -0.2) is 26.5 Å². The number of thiophene rings is 1. The maximum absolute atomic E-state index is 12.6. The maximum atomic E-state index is 12.6. The third kappa shape index (κ3) is 3.15. The van der Waals surface area contributed by atoms with E-state index in [1.807, 2.05) is 0 Å². The normalized spacial score (nSPS) is 11.4. The van der Waals surface area contributed by atoms with Gasteiger partial charge in [0.2, 0.25) is 0 Å². The van der Waals surface area contributed by atoms with Gasteiger partial charge in [0.1, 0.15) is 4.90 Å². The van der Waals surface area contributed by atoms with Crippen molar-refractivity contribution in [1.82, 2.24) is 0 Å². The lowest BCUT2D eigenvalue weighted by Crippen LogP contribution is -2.28. The summed E-state index contributed by atoms with van der Waals surface area (Å²) in [5.41, 5.74) is 0.0354. The summed E-state index contributed by atoms with van der Waals surface area (Å²) in [4.78, 5) is 11.3. The third-order valence-electron chi connectivity index (χ3n) is 2.74. The zero-order chi connectivity index (χ0) is 15.8. The highest BCUT2D eigenvalue weighted by molar-refractivity contribution is 9.12. The first-order valence-corrected chi connectivity index (χ1v) is 9.35. The Morgan fingerprint density at radius 1 is 1.29 bits per heavy atom. The van der Waals surface area contributed by atoms with Crippen molar-refractivity contribution in [3.63, 3.8) is 0 Å². The summed E-state index contributed by atoms with van der Waals surface area (Å²) in [6, 6.07) is 7.43. The van der Waals surface area contributed by atoms with Crippen LogP contribution in [0.1, 0.15) is 10.4 Å². The van der Waals surface area contributed by atoms with Crippen molar-refractivity contribution in [2.45, 2.75) is 4.90 Å². The Bertz CT molecular complexity index is 801. The molecule has 2 rings (SSSR count). The first-order chi connectivity index (χ1) is 9.75. The van der Waals surface area contributed by atoms with E-state index in [4.69, 9.17) is 0 Å². The topological polar surface area (TPSA) is 74.7 Å². The highest BCUT2D eigenvalue weighted by Gasteiger charge is 2.28. The zero-order valence-corrected chi connectivity index (χ0v) is 15.4. The van der Waals surface area contributed by atoms with E-state index in [-0.39, 0.29) is 16.1 Å². The van der Waals surface area contributed by atoms with Crippen LogP contribution in [0.25, 0.3) is 0 Å². The molecule has 0 unspecified atom stereocenters. The van der Waals surface area contributed by atoms with Gasteiger partial charge in [0.05, 0.1) is 18.8 Å². The number of hydrogen-bond acceptors (Lipinski definition) is 4. The van der Waals surface area contributed by atoms with Gasteiger partial charge in [-0.15, -0.1) is 11.3 Å². The summed E-state index contributed by atoms with van der Waals surface area (Å²) in [5, 5.41) is 9.17. The van der Waals surface area contributed by atoms with Gasteiger partial charge >= 0.3 is 5.97 Å². The van der Waals surface area contributed by atoms with Gasteiger partial charge < -0.3 is 5.11 Å². The minimum atomic E-state index is -3.85. The molecule has 21 heavy (non-hydrogen) atoms. The smallest absolute Gasteiger partial charge is 0.337 e. The van der Waals surface area contributed by atoms with E-state index in [0.29, 0.717) is 7.57 Å². The molecule has 1 N–H and O–H groups in total. The fourth-order valence-electron chi connectivity index (χ4n) is 1.71. The number of rotatable bonds is 4. The second-order valence-corrected chi connectivity index (χ2v) is 9.67. The average molecular weight is 455 g/mol. The number of halogens is 2. The molecule has 0 saturated heterocycles. The number of carbonyl (C=O) groups is 1. The number of nitrogens with zero attached hydrogens (tertiary/aromatic N) is 1. The number of hydrogen-bond donors (Lipinski definition) is 1. The molecule has 0 amide bonds. The van der Waals surface area contributed by atoms with Gasteiger partial charge in [-0.05, 0) is 50.1 Å². The first kappa shape index (κ1) is 16.5. The van der Waals surface area contributed by atoms with E-state index < -0.39 is 16.0 Å². The quantitative estimate of drug-likeness (QED) is 0.762. The molecule has 1 aromatic carbocycles. The van der Waals surface area contributed by atoms with E-state index in [1.165, 1.54) is 36.6 Å². The third-order valence-corrected chi connectivity index (χ3v) is 7.26. The molecule has 0 fully saturated rings. The number of benzene rings is 1. The van der Waals surface area contributed by atoms with Gasteiger partial charge in [-0.1, -0.05) is 12.1 Å². The lowest BCUT2D eigenvalue weighted by Gasteiger charge is -2.20. The molecule has 2 aromatic rings. The Hall–Kier alpha value is -0.900. The molecular formula is C12H9Br2NO4S2. The van der Waals surface area contributed by atoms with Crippen molar-refractivity contribution in [1.29, 1.82) is 0 Å². The lowest BCUT2D eigenvalue weighted by molar-refractivity contribution is 0.0698. The molecular weight excluding hydrogens is 446 g/mol. The number of anilines is 1. The minimum absolute atomic E-state index is 0.0750. The summed E-state index contributed by atoms with van der Waals surface area (Å²) in [6.07, 6.45) is 0. The van der Waals surface area contributed by atoms with Gasteiger partial charge in [0, 0.05) is 7.05 Å². The molecule has 0 aliphatic rings. The van der Waals surface area contributed by atoms with Crippen LogP contribution >= 0.6 is 43.2 Å². The van der Waals surface area contributed by atoms with E-state index in [1.54, 1.807) is 12.1 Å². The number of carboxylic acid groups (broad SMARTS) is 1. The summed E-state index contributed by atoms with van der Waals surface area (Å²) < 4.78 is 27.3. The van der Waals surface area contributed by atoms with Crippen molar-refractivity contribution in [3.05, 3.63) is 43.5 Å². The average Bonchev–Trinajstić information content (AvgIpc) is 2.77. The van der Waals surface area contributed by atoms with Crippen molar-refractivity contribution in [2.75, 3.05) is 11.4 Å². The van der Waals surface area contributed by atoms with Crippen LogP contribution in [0.4, 0.5) is 5.69 Å². The molecule has 0 aliphatic heterocycles. The number of para-hydroxylation sites is 1. The number of aromatic carboxylic acids is 1. The van der Waals surface area contributed by atoms with Gasteiger partial charge in [-0.3, -0.25) is 4.31 Å². The van der Waals surface area contributed by atoms with E-state index in [2.05, 4.69) is 31.9 Å². The Morgan fingerprint density at radius 2 is 1.90 bits per heavy atom. The van der Waals surface area contributed by atoms with E-state index in [9.17, 15) is 18.3 Å². The van der Waals surface area contributed by atoms with E-state index >= 15 is 0 Å². The van der Waals surface area contributed by atoms with Gasteiger partial charge in [-0.2, -0.15) is 0 Å². The Kier molecular flexibility index (Phi) is 4.76. The summed E-state index contributed by atoms with van der Waals surface area (Å²) in [7, 11) is -2.53. The van der Waals surface area contributed by atoms with Gasteiger partial charge in [0.15, 0.2) is 0 Å². The zero-order valence-electron chi connectivity index (χ0n) is 10.6. The fraction of sp³-hybridized carbons (Fsp3) is 0.0833. The van der Waals surface area contributed by atoms with Crippen LogP contribution in [0.15, 0.2) is 42.8 Å². The molecule has 1 aromatic heterocycles. The highest BCUT2D eigenvalue weighted by atomic mass is 79.9. The molecule has 0 spiro atoms. The molecule has 1 heterocycles. The van der Waals surface area contributed by atoms with Crippen LogP contribution < -0.4 is 4.31 Å². The second kappa shape index (κ2) is 6.07. The van der Waals surface area contributed by atoms with Crippen LogP contribution in [0.2, 0.25) is 0 Å². The van der Waals surface area contributed by atoms with Gasteiger partial charge in [0.25, 0.3) is 10.0 Å². The lowest BCUT2D eigenvalue weighted by atomic mass is 10.2. The highest BCUT2D eigenvalue weighted by Crippen LogP contribution is 2.37. The van der Waals surface area contributed by atoms with E-state index in [0.717, 1.165) is 4.31 Å². The number of sulfonamides is 1. The van der Waals surface area contributed by atoms with Gasteiger partial charge in [-0.25, -0.2) is 13.2 Å². The SMILES string of the molecule is CN(c1ccccc1C(=O)O)S(=O)(=O)c1cc(Br)sc1Br. The van der Waals surface area contributed by atoms with Crippen LogP contribution in [0.5, 0.6) is 0 Å². The van der Waals surface area contributed by atoms with Crippen molar-refractivity contribution >= 4 is 64.9 Å². The first-order valence-electron chi connectivity index (χ1n) is 5.51. The molecule has 0 bridgehead atoms.